The summed E-state index contributed by atoms with van der Waals surface area (Å²) in [5.74, 6) is 0.488. The third-order valence-electron chi connectivity index (χ3n) is 4.38. The van der Waals surface area contributed by atoms with Crippen molar-refractivity contribution in [2.75, 3.05) is 19.9 Å². The van der Waals surface area contributed by atoms with E-state index in [1.165, 1.54) is 6.08 Å². The number of alkyl halides is 3. The van der Waals surface area contributed by atoms with Crippen LogP contribution in [0.4, 0.5) is 13.2 Å². The van der Waals surface area contributed by atoms with E-state index in [4.69, 9.17) is 9.47 Å². The van der Waals surface area contributed by atoms with E-state index < -0.39 is 39.1 Å². The van der Waals surface area contributed by atoms with Gasteiger partial charge in [0, 0.05) is 13.1 Å². The van der Waals surface area contributed by atoms with Crippen molar-refractivity contribution < 1.29 is 35.9 Å². The summed E-state index contributed by atoms with van der Waals surface area (Å²) in [6.45, 7) is 2.82. The van der Waals surface area contributed by atoms with Gasteiger partial charge in [0.25, 0.3) is 0 Å². The SMILES string of the molecule is C=CCN(CC(=O)NCc1ccc2c(c1)OCO2)S(=O)(=O)c1cccc(C(F)(F)F)c1. The molecule has 0 saturated heterocycles. The minimum absolute atomic E-state index is 0.0982. The molecule has 11 heteroatoms. The molecular weight excluding hydrogens is 437 g/mol. The third-order valence-corrected chi connectivity index (χ3v) is 6.19. The number of nitrogens with zero attached hydrogens (tertiary/aromatic N) is 1. The van der Waals surface area contributed by atoms with E-state index in [0.29, 0.717) is 23.1 Å². The van der Waals surface area contributed by atoms with Crippen molar-refractivity contribution in [2.24, 2.45) is 0 Å². The van der Waals surface area contributed by atoms with Crippen molar-refractivity contribution in [3.8, 4) is 11.5 Å². The average molecular weight is 456 g/mol. The minimum atomic E-state index is -4.70. The molecule has 0 bridgehead atoms. The molecule has 0 atom stereocenters. The first kappa shape index (κ1) is 22.6. The summed E-state index contributed by atoms with van der Waals surface area (Å²) in [6, 6.07) is 8.45. The molecule has 1 aliphatic rings. The molecule has 0 saturated carbocycles. The summed E-state index contributed by atoms with van der Waals surface area (Å²) in [6.07, 6.45) is -3.45. The molecule has 0 radical (unpaired) electrons. The van der Waals surface area contributed by atoms with E-state index in [9.17, 15) is 26.4 Å². The standard InChI is InChI=1S/C20H19F3N2O5S/c1-2-8-25(31(27,28)16-5-3-4-15(10-16)20(21,22)23)12-19(26)24-11-14-6-7-17-18(9-14)30-13-29-17/h2-7,9-10H,1,8,11-13H2,(H,24,26). The van der Waals surface area contributed by atoms with Crippen LogP contribution in [-0.2, 0) is 27.5 Å². The lowest BCUT2D eigenvalue weighted by atomic mass is 10.2. The Balaban J connectivity index is 1.71. The Bertz CT molecular complexity index is 1090. The van der Waals surface area contributed by atoms with Crippen LogP contribution in [0.15, 0.2) is 60.0 Å². The first-order valence-corrected chi connectivity index (χ1v) is 10.5. The normalized spacial score (nSPS) is 13.3. The van der Waals surface area contributed by atoms with Gasteiger partial charge in [-0.25, -0.2) is 8.42 Å². The Hall–Kier alpha value is -3.05. The number of hydrogen-bond acceptors (Lipinski definition) is 5. The highest BCUT2D eigenvalue weighted by Crippen LogP contribution is 2.33. The van der Waals surface area contributed by atoms with Crippen molar-refractivity contribution in [2.45, 2.75) is 17.6 Å². The van der Waals surface area contributed by atoms with E-state index in [-0.39, 0.29) is 19.9 Å². The first-order chi connectivity index (χ1) is 14.6. The zero-order valence-electron chi connectivity index (χ0n) is 16.2. The van der Waals surface area contributed by atoms with E-state index in [1.54, 1.807) is 18.2 Å². The second-order valence-corrected chi connectivity index (χ2v) is 8.51. The highest BCUT2D eigenvalue weighted by Gasteiger charge is 2.33. The van der Waals surface area contributed by atoms with Crippen molar-refractivity contribution in [3.05, 3.63) is 66.2 Å². The molecule has 0 aliphatic carbocycles. The van der Waals surface area contributed by atoms with Gasteiger partial charge in [-0.3, -0.25) is 4.79 Å². The second-order valence-electron chi connectivity index (χ2n) is 6.58. The van der Waals surface area contributed by atoms with Gasteiger partial charge in [0.1, 0.15) is 0 Å². The lowest BCUT2D eigenvalue weighted by Gasteiger charge is -2.21. The third kappa shape index (κ3) is 5.36. The van der Waals surface area contributed by atoms with Crippen molar-refractivity contribution in [3.63, 3.8) is 0 Å². The Labute approximate surface area is 177 Å². The largest absolute Gasteiger partial charge is 0.454 e. The van der Waals surface area contributed by atoms with Crippen LogP contribution in [0.25, 0.3) is 0 Å². The van der Waals surface area contributed by atoms with Crippen molar-refractivity contribution in [1.29, 1.82) is 0 Å². The van der Waals surface area contributed by atoms with Gasteiger partial charge in [-0.1, -0.05) is 18.2 Å². The van der Waals surface area contributed by atoms with Crippen LogP contribution in [0.3, 0.4) is 0 Å². The van der Waals surface area contributed by atoms with Crippen LogP contribution in [0.5, 0.6) is 11.5 Å². The topological polar surface area (TPSA) is 84.9 Å². The average Bonchev–Trinajstić information content (AvgIpc) is 3.19. The van der Waals surface area contributed by atoms with Gasteiger partial charge in [-0.15, -0.1) is 6.58 Å². The van der Waals surface area contributed by atoms with Gasteiger partial charge in [0.05, 0.1) is 17.0 Å². The molecule has 0 unspecified atom stereocenters. The van der Waals surface area contributed by atoms with Crippen LogP contribution in [0, 0.1) is 0 Å². The number of hydrogen-bond donors (Lipinski definition) is 1. The van der Waals surface area contributed by atoms with Gasteiger partial charge in [-0.2, -0.15) is 17.5 Å². The minimum Gasteiger partial charge on any atom is -0.454 e. The number of halogens is 3. The number of rotatable bonds is 8. The van der Waals surface area contributed by atoms with Gasteiger partial charge in [-0.05, 0) is 35.9 Å². The number of nitrogens with one attached hydrogen (secondary N) is 1. The number of amides is 1. The highest BCUT2D eigenvalue weighted by atomic mass is 32.2. The number of sulfonamides is 1. The Kier molecular flexibility index (Phi) is 6.56. The van der Waals surface area contributed by atoms with Gasteiger partial charge >= 0.3 is 6.18 Å². The van der Waals surface area contributed by atoms with E-state index in [2.05, 4.69) is 11.9 Å². The van der Waals surface area contributed by atoms with Crippen LogP contribution < -0.4 is 14.8 Å². The van der Waals surface area contributed by atoms with E-state index in [1.807, 2.05) is 0 Å². The van der Waals surface area contributed by atoms with Gasteiger partial charge in [0.15, 0.2) is 11.5 Å². The fourth-order valence-electron chi connectivity index (χ4n) is 2.84. The summed E-state index contributed by atoms with van der Waals surface area (Å²) in [7, 11) is -4.37. The molecule has 0 aromatic heterocycles. The van der Waals surface area contributed by atoms with Crippen LogP contribution in [-0.4, -0.2) is 38.5 Å². The summed E-state index contributed by atoms with van der Waals surface area (Å²) in [5, 5.41) is 2.58. The smallest absolute Gasteiger partial charge is 0.416 e. The van der Waals surface area contributed by atoms with Crippen LogP contribution >= 0.6 is 0 Å². The molecule has 2 aromatic carbocycles. The molecule has 2 aromatic rings. The second kappa shape index (κ2) is 8.98. The van der Waals surface area contributed by atoms with Gasteiger partial charge in [0.2, 0.25) is 22.7 Å². The summed E-state index contributed by atoms with van der Waals surface area (Å²) in [4.78, 5) is 11.8. The molecular formula is C20H19F3N2O5S. The molecule has 7 nitrogen and oxygen atoms in total. The molecule has 0 spiro atoms. The number of carbonyl (C=O) groups excluding carboxylic acids is 1. The Morgan fingerprint density at radius 3 is 2.61 bits per heavy atom. The van der Waals surface area contributed by atoms with Crippen LogP contribution in [0.2, 0.25) is 0 Å². The fraction of sp³-hybridized carbons (Fsp3) is 0.250. The number of carbonyl (C=O) groups is 1. The number of ether oxygens (including phenoxy) is 2. The lowest BCUT2D eigenvalue weighted by molar-refractivity contribution is -0.137. The monoisotopic (exact) mass is 456 g/mol. The quantitative estimate of drug-likeness (QED) is 0.618. The van der Waals surface area contributed by atoms with E-state index in [0.717, 1.165) is 22.5 Å². The summed E-state index contributed by atoms with van der Waals surface area (Å²) < 4.78 is 75.8. The highest BCUT2D eigenvalue weighted by molar-refractivity contribution is 7.89. The predicted octanol–water partition coefficient (Wildman–Crippen LogP) is 2.93. The number of benzene rings is 2. The zero-order chi connectivity index (χ0) is 22.6. The van der Waals surface area contributed by atoms with E-state index >= 15 is 0 Å². The Morgan fingerprint density at radius 1 is 1.16 bits per heavy atom. The maximum absolute atomic E-state index is 13.0. The maximum Gasteiger partial charge on any atom is 0.416 e. The lowest BCUT2D eigenvalue weighted by Crippen LogP contribution is -2.40. The first-order valence-electron chi connectivity index (χ1n) is 9.05. The molecule has 1 amide bonds. The van der Waals surface area contributed by atoms with Gasteiger partial charge < -0.3 is 14.8 Å². The molecule has 3 rings (SSSR count). The van der Waals surface area contributed by atoms with Crippen molar-refractivity contribution >= 4 is 15.9 Å². The zero-order valence-corrected chi connectivity index (χ0v) is 17.0. The maximum atomic E-state index is 13.0. The number of fused-ring (bicyclic) bond motifs is 1. The van der Waals surface area contributed by atoms with Crippen LogP contribution in [0.1, 0.15) is 11.1 Å². The molecule has 0 fully saturated rings. The molecule has 31 heavy (non-hydrogen) atoms. The summed E-state index contributed by atoms with van der Waals surface area (Å²) >= 11 is 0. The molecule has 1 heterocycles. The predicted molar refractivity (Wildman–Crippen MR) is 105 cm³/mol. The molecule has 1 N–H and O–H groups in total. The summed E-state index contributed by atoms with van der Waals surface area (Å²) in [5.41, 5.74) is -0.395. The fourth-order valence-corrected chi connectivity index (χ4v) is 4.25. The van der Waals surface area contributed by atoms with Crippen molar-refractivity contribution in [1.82, 2.24) is 9.62 Å². The molecule has 166 valence electrons. The Morgan fingerprint density at radius 2 is 1.90 bits per heavy atom. The molecule has 1 aliphatic heterocycles.